The minimum Gasteiger partial charge on any atom is -0.340 e. The summed E-state index contributed by atoms with van der Waals surface area (Å²) in [6, 6.07) is 1.62. The van der Waals surface area contributed by atoms with E-state index in [2.05, 4.69) is 41.0 Å². The molecule has 2 N–H and O–H groups in total. The third kappa shape index (κ3) is 2.17. The van der Waals surface area contributed by atoms with Gasteiger partial charge in [-0.05, 0) is 22.4 Å². The van der Waals surface area contributed by atoms with Gasteiger partial charge in [-0.2, -0.15) is 0 Å². The van der Waals surface area contributed by atoms with Crippen LogP contribution >= 0.6 is 15.9 Å². The standard InChI is InChI=1S/C11H12BrN5O/c12-8-4-13-11(14-5-8)17-2-1-7(6-17)9-3-10(18)16-15-9/h3-5,7H,1-2,6H2,(H2,15,16,18)/t7-/m0/s1. The second kappa shape index (κ2) is 4.56. The van der Waals surface area contributed by atoms with Crippen molar-refractivity contribution in [1.29, 1.82) is 0 Å². The Balaban J connectivity index is 1.75. The van der Waals surface area contributed by atoms with Gasteiger partial charge in [0.2, 0.25) is 5.95 Å². The summed E-state index contributed by atoms with van der Waals surface area (Å²) in [4.78, 5) is 21.8. The normalized spacial score (nSPS) is 19.4. The third-order valence-electron chi connectivity index (χ3n) is 3.13. The molecule has 1 fully saturated rings. The van der Waals surface area contributed by atoms with Crippen LogP contribution in [0.4, 0.5) is 5.95 Å². The third-order valence-corrected chi connectivity index (χ3v) is 3.54. The highest BCUT2D eigenvalue weighted by molar-refractivity contribution is 9.10. The van der Waals surface area contributed by atoms with E-state index in [1.54, 1.807) is 18.5 Å². The Morgan fingerprint density at radius 3 is 2.78 bits per heavy atom. The highest BCUT2D eigenvalue weighted by Crippen LogP contribution is 2.27. The lowest BCUT2D eigenvalue weighted by Gasteiger charge is -2.15. The van der Waals surface area contributed by atoms with E-state index in [0.717, 1.165) is 35.6 Å². The smallest absolute Gasteiger partial charge is 0.264 e. The van der Waals surface area contributed by atoms with E-state index in [4.69, 9.17) is 0 Å². The number of hydrogen-bond acceptors (Lipinski definition) is 4. The van der Waals surface area contributed by atoms with Gasteiger partial charge in [0.25, 0.3) is 5.56 Å². The van der Waals surface area contributed by atoms with E-state index in [1.165, 1.54) is 0 Å². The van der Waals surface area contributed by atoms with Gasteiger partial charge in [0.15, 0.2) is 0 Å². The van der Waals surface area contributed by atoms with Crippen molar-refractivity contribution in [1.82, 2.24) is 20.2 Å². The maximum Gasteiger partial charge on any atom is 0.264 e. The zero-order valence-electron chi connectivity index (χ0n) is 9.56. The van der Waals surface area contributed by atoms with Crippen LogP contribution in [0.15, 0.2) is 27.7 Å². The average molecular weight is 310 g/mol. The number of rotatable bonds is 2. The number of nitrogens with zero attached hydrogens (tertiary/aromatic N) is 3. The van der Waals surface area contributed by atoms with Crippen LogP contribution < -0.4 is 10.5 Å². The molecule has 0 spiro atoms. The molecule has 0 aliphatic carbocycles. The largest absolute Gasteiger partial charge is 0.340 e. The van der Waals surface area contributed by atoms with Crippen LogP contribution in [0.1, 0.15) is 18.0 Å². The van der Waals surface area contributed by atoms with Crippen LogP contribution in [0.2, 0.25) is 0 Å². The molecule has 1 atom stereocenters. The Hall–Kier alpha value is -1.63. The molecule has 3 rings (SSSR count). The van der Waals surface area contributed by atoms with E-state index < -0.39 is 0 Å². The van der Waals surface area contributed by atoms with Crippen molar-refractivity contribution < 1.29 is 0 Å². The number of anilines is 1. The van der Waals surface area contributed by atoms with Crippen LogP contribution in [0, 0.1) is 0 Å². The van der Waals surface area contributed by atoms with Crippen LogP contribution in [-0.2, 0) is 0 Å². The molecule has 6 nitrogen and oxygen atoms in total. The van der Waals surface area contributed by atoms with Crippen molar-refractivity contribution in [2.24, 2.45) is 0 Å². The van der Waals surface area contributed by atoms with Crippen molar-refractivity contribution >= 4 is 21.9 Å². The molecule has 2 aromatic heterocycles. The second-order valence-electron chi connectivity index (χ2n) is 4.35. The summed E-state index contributed by atoms with van der Waals surface area (Å²) in [6.45, 7) is 1.73. The van der Waals surface area contributed by atoms with E-state index in [0.29, 0.717) is 5.92 Å². The zero-order chi connectivity index (χ0) is 12.5. The van der Waals surface area contributed by atoms with Crippen LogP contribution in [0.5, 0.6) is 0 Å². The number of aromatic amines is 2. The summed E-state index contributed by atoms with van der Waals surface area (Å²) in [5.74, 6) is 1.06. The van der Waals surface area contributed by atoms with Crippen LogP contribution in [0.25, 0.3) is 0 Å². The number of halogens is 1. The maximum atomic E-state index is 11.1. The topological polar surface area (TPSA) is 77.7 Å². The van der Waals surface area contributed by atoms with E-state index >= 15 is 0 Å². The predicted molar refractivity (Wildman–Crippen MR) is 70.7 cm³/mol. The molecule has 0 unspecified atom stereocenters. The summed E-state index contributed by atoms with van der Waals surface area (Å²) in [5, 5.41) is 5.49. The Bertz CT molecular complexity index is 590. The molecule has 0 radical (unpaired) electrons. The molecule has 94 valence electrons. The zero-order valence-corrected chi connectivity index (χ0v) is 11.1. The lowest BCUT2D eigenvalue weighted by atomic mass is 10.1. The molecule has 2 aromatic rings. The molecule has 0 saturated carbocycles. The van der Waals surface area contributed by atoms with E-state index in [9.17, 15) is 4.79 Å². The molecular formula is C11H12BrN5O. The van der Waals surface area contributed by atoms with Gasteiger partial charge < -0.3 is 10.00 Å². The quantitative estimate of drug-likeness (QED) is 0.875. The van der Waals surface area contributed by atoms with Gasteiger partial charge >= 0.3 is 0 Å². The first kappa shape index (κ1) is 11.5. The lowest BCUT2D eigenvalue weighted by molar-refractivity contribution is 0.736. The summed E-state index contributed by atoms with van der Waals surface area (Å²) >= 11 is 3.32. The van der Waals surface area contributed by atoms with Gasteiger partial charge in [0, 0.05) is 43.2 Å². The van der Waals surface area contributed by atoms with Gasteiger partial charge in [-0.3, -0.25) is 9.89 Å². The highest BCUT2D eigenvalue weighted by atomic mass is 79.9. The fraction of sp³-hybridized carbons (Fsp3) is 0.364. The SMILES string of the molecule is O=c1cc([C@H]2CCN(c3ncc(Br)cn3)C2)[nH][nH]1. The fourth-order valence-electron chi connectivity index (χ4n) is 2.23. The first-order valence-electron chi connectivity index (χ1n) is 5.72. The van der Waals surface area contributed by atoms with E-state index in [-0.39, 0.29) is 5.56 Å². The average Bonchev–Trinajstić information content (AvgIpc) is 2.98. The lowest BCUT2D eigenvalue weighted by Crippen LogP contribution is -2.21. The Morgan fingerprint density at radius 2 is 2.11 bits per heavy atom. The first-order chi connectivity index (χ1) is 8.72. The number of hydrogen-bond donors (Lipinski definition) is 2. The van der Waals surface area contributed by atoms with Crippen molar-refractivity contribution in [3.63, 3.8) is 0 Å². The molecule has 0 aromatic carbocycles. The second-order valence-corrected chi connectivity index (χ2v) is 5.26. The molecule has 1 aliphatic rings. The number of H-pyrrole nitrogens is 2. The monoisotopic (exact) mass is 309 g/mol. The van der Waals surface area contributed by atoms with Gasteiger partial charge in [-0.1, -0.05) is 0 Å². The molecule has 7 heteroatoms. The molecule has 1 aliphatic heterocycles. The van der Waals surface area contributed by atoms with Crippen molar-refractivity contribution in [2.75, 3.05) is 18.0 Å². The minimum absolute atomic E-state index is 0.0802. The Morgan fingerprint density at radius 1 is 1.33 bits per heavy atom. The number of aromatic nitrogens is 4. The van der Waals surface area contributed by atoms with Gasteiger partial charge in [-0.25, -0.2) is 9.97 Å². The Labute approximate surface area is 112 Å². The molecule has 1 saturated heterocycles. The van der Waals surface area contributed by atoms with Gasteiger partial charge in [0.05, 0.1) is 4.47 Å². The summed E-state index contributed by atoms with van der Waals surface area (Å²) in [7, 11) is 0. The van der Waals surface area contributed by atoms with Gasteiger partial charge in [-0.15, -0.1) is 0 Å². The molecule has 18 heavy (non-hydrogen) atoms. The summed E-state index contributed by atoms with van der Waals surface area (Å²) in [6.07, 6.45) is 4.48. The predicted octanol–water partition coefficient (Wildman–Crippen LogP) is 1.25. The molecular weight excluding hydrogens is 298 g/mol. The van der Waals surface area contributed by atoms with Crippen molar-refractivity contribution in [3.8, 4) is 0 Å². The first-order valence-corrected chi connectivity index (χ1v) is 6.52. The molecule has 0 amide bonds. The van der Waals surface area contributed by atoms with Gasteiger partial charge in [0.1, 0.15) is 0 Å². The fourth-order valence-corrected chi connectivity index (χ4v) is 2.44. The molecule has 0 bridgehead atoms. The van der Waals surface area contributed by atoms with Crippen molar-refractivity contribution in [2.45, 2.75) is 12.3 Å². The summed E-state index contributed by atoms with van der Waals surface area (Å²) < 4.78 is 0.872. The van der Waals surface area contributed by atoms with Crippen LogP contribution in [0.3, 0.4) is 0 Å². The minimum atomic E-state index is -0.0802. The van der Waals surface area contributed by atoms with Crippen molar-refractivity contribution in [3.05, 3.63) is 39.0 Å². The number of nitrogens with one attached hydrogen (secondary N) is 2. The van der Waals surface area contributed by atoms with E-state index in [1.807, 2.05) is 0 Å². The Kier molecular flexibility index (Phi) is 2.91. The summed E-state index contributed by atoms with van der Waals surface area (Å²) in [5.41, 5.74) is 0.878. The van der Waals surface area contributed by atoms with Crippen LogP contribution in [-0.4, -0.2) is 33.3 Å². The highest BCUT2D eigenvalue weighted by Gasteiger charge is 2.26. The maximum absolute atomic E-state index is 11.1. The molecule has 3 heterocycles.